The van der Waals surface area contributed by atoms with Crippen LogP contribution in [0.1, 0.15) is 61.4 Å². The molecule has 0 unspecified atom stereocenters. The Labute approximate surface area is 176 Å². The second-order valence-corrected chi connectivity index (χ2v) is 10.3. The molecule has 0 saturated heterocycles. The molecule has 8 heteroatoms. The van der Waals surface area contributed by atoms with E-state index in [1.54, 1.807) is 28.9 Å². The van der Waals surface area contributed by atoms with E-state index in [4.69, 9.17) is 4.74 Å². The molecule has 1 saturated carbocycles. The van der Waals surface area contributed by atoms with Gasteiger partial charge < -0.3 is 4.74 Å². The smallest absolute Gasteiger partial charge is 0.267 e. The summed E-state index contributed by atoms with van der Waals surface area (Å²) in [5.74, 6) is 0.775. The monoisotopic (exact) mass is 429 g/mol. The molecular formula is C22H27N3O4S. The summed E-state index contributed by atoms with van der Waals surface area (Å²) in [4.78, 5) is 12.9. The Morgan fingerprint density at radius 3 is 2.63 bits per heavy atom. The van der Waals surface area contributed by atoms with Gasteiger partial charge in [-0.3, -0.25) is 4.79 Å². The van der Waals surface area contributed by atoms with Crippen LogP contribution < -0.4 is 15.0 Å². The predicted molar refractivity (Wildman–Crippen MR) is 112 cm³/mol. The second kappa shape index (κ2) is 7.81. The van der Waals surface area contributed by atoms with Gasteiger partial charge in [0.25, 0.3) is 5.56 Å². The molecule has 1 N–H and O–H groups in total. The molecule has 0 amide bonds. The van der Waals surface area contributed by atoms with E-state index in [1.165, 1.54) is 0 Å². The summed E-state index contributed by atoms with van der Waals surface area (Å²) in [6.07, 6.45) is 7.77. The highest BCUT2D eigenvalue weighted by molar-refractivity contribution is 7.89. The van der Waals surface area contributed by atoms with Crippen LogP contribution in [-0.4, -0.2) is 30.8 Å². The first kappa shape index (κ1) is 19.8. The Kier molecular flexibility index (Phi) is 5.14. The van der Waals surface area contributed by atoms with Gasteiger partial charge in [0.1, 0.15) is 5.75 Å². The molecule has 0 spiro atoms. The first-order valence-electron chi connectivity index (χ1n) is 10.9. The molecule has 1 aromatic carbocycles. The van der Waals surface area contributed by atoms with Gasteiger partial charge in [0.05, 0.1) is 23.2 Å². The third kappa shape index (κ3) is 3.78. The van der Waals surface area contributed by atoms with E-state index in [2.05, 4.69) is 9.82 Å². The first-order valence-corrected chi connectivity index (χ1v) is 12.4. The lowest BCUT2D eigenvalue weighted by molar-refractivity contribution is 0.282. The normalized spacial score (nSPS) is 23.5. The quantitative estimate of drug-likeness (QED) is 0.807. The third-order valence-corrected chi connectivity index (χ3v) is 8.09. The van der Waals surface area contributed by atoms with E-state index >= 15 is 0 Å². The number of aryl methyl sites for hydroxylation is 2. The molecule has 0 radical (unpaired) electrons. The number of benzene rings is 1. The van der Waals surface area contributed by atoms with Gasteiger partial charge in [0.2, 0.25) is 10.0 Å². The largest absolute Gasteiger partial charge is 0.493 e. The zero-order chi connectivity index (χ0) is 20.7. The molecule has 30 heavy (non-hydrogen) atoms. The van der Waals surface area contributed by atoms with E-state index in [0.29, 0.717) is 24.3 Å². The Bertz CT molecular complexity index is 1120. The summed E-state index contributed by atoms with van der Waals surface area (Å²) in [5, 5.41) is 4.67. The molecule has 1 aromatic heterocycles. The minimum Gasteiger partial charge on any atom is -0.493 e. The molecule has 2 aromatic rings. The molecule has 3 aliphatic rings. The van der Waals surface area contributed by atoms with Gasteiger partial charge >= 0.3 is 0 Å². The highest BCUT2D eigenvalue weighted by Gasteiger charge is 2.29. The van der Waals surface area contributed by atoms with Crippen molar-refractivity contribution in [2.45, 2.75) is 74.8 Å². The minimum atomic E-state index is -3.57. The Hall–Kier alpha value is -2.19. The lowest BCUT2D eigenvalue weighted by Gasteiger charge is -2.30. The predicted octanol–water partition coefficient (Wildman–Crippen LogP) is 2.52. The lowest BCUT2D eigenvalue weighted by atomic mass is 9.91. The molecule has 1 fully saturated rings. The molecule has 2 heterocycles. The molecule has 5 rings (SSSR count). The molecule has 1 aliphatic heterocycles. The van der Waals surface area contributed by atoms with Crippen molar-refractivity contribution < 1.29 is 13.2 Å². The molecule has 2 aliphatic carbocycles. The third-order valence-electron chi connectivity index (χ3n) is 6.57. The lowest BCUT2D eigenvalue weighted by Crippen LogP contribution is -2.40. The van der Waals surface area contributed by atoms with Gasteiger partial charge in [-0.15, -0.1) is 0 Å². The van der Waals surface area contributed by atoms with Crippen LogP contribution in [0.3, 0.4) is 0 Å². The summed E-state index contributed by atoms with van der Waals surface area (Å²) >= 11 is 0. The Balaban J connectivity index is 1.26. The standard InChI is InChI=1S/C22H27N3O4S/c26-22-14-15-3-1-2-4-20(15)23-25(22)18-7-5-17(6-8-18)24-30(27,28)19-9-10-21-16(13-19)11-12-29-21/h9-10,13-14,17-18,24H,1-8,11-12H2. The Morgan fingerprint density at radius 1 is 1.00 bits per heavy atom. The minimum absolute atomic E-state index is 0.0277. The van der Waals surface area contributed by atoms with Crippen molar-refractivity contribution in [2.24, 2.45) is 0 Å². The molecule has 0 atom stereocenters. The van der Waals surface area contributed by atoms with Crippen molar-refractivity contribution in [3.05, 3.63) is 51.4 Å². The zero-order valence-electron chi connectivity index (χ0n) is 17.0. The number of fused-ring (bicyclic) bond motifs is 2. The van der Waals surface area contributed by atoms with E-state index < -0.39 is 10.0 Å². The van der Waals surface area contributed by atoms with Crippen LogP contribution in [0, 0.1) is 0 Å². The van der Waals surface area contributed by atoms with Crippen LogP contribution >= 0.6 is 0 Å². The van der Waals surface area contributed by atoms with Crippen molar-refractivity contribution in [2.75, 3.05) is 6.61 Å². The van der Waals surface area contributed by atoms with Gasteiger partial charge in [-0.1, -0.05) is 0 Å². The maximum Gasteiger partial charge on any atom is 0.267 e. The summed E-state index contributed by atoms with van der Waals surface area (Å²) in [5.41, 5.74) is 3.08. The number of rotatable bonds is 4. The second-order valence-electron chi connectivity index (χ2n) is 8.60. The summed E-state index contributed by atoms with van der Waals surface area (Å²) in [7, 11) is -3.57. The highest BCUT2D eigenvalue weighted by atomic mass is 32.2. The SMILES string of the molecule is O=c1cc2c(nn1C1CCC(NS(=O)(=O)c3ccc4c(c3)CCO4)CC1)CCCC2. The fourth-order valence-electron chi connectivity index (χ4n) is 4.89. The van der Waals surface area contributed by atoms with Crippen LogP contribution in [0.15, 0.2) is 34.0 Å². The van der Waals surface area contributed by atoms with Crippen LogP contribution in [0.5, 0.6) is 5.75 Å². The summed E-state index contributed by atoms with van der Waals surface area (Å²) in [6.45, 7) is 0.604. The number of aromatic nitrogens is 2. The number of sulfonamides is 1. The van der Waals surface area contributed by atoms with E-state index in [1.807, 2.05) is 0 Å². The van der Waals surface area contributed by atoms with Gasteiger partial charge in [-0.05, 0) is 80.7 Å². The first-order chi connectivity index (χ1) is 14.5. The summed E-state index contributed by atoms with van der Waals surface area (Å²) in [6, 6.07) is 6.74. The maximum atomic E-state index is 12.8. The highest BCUT2D eigenvalue weighted by Crippen LogP contribution is 2.30. The van der Waals surface area contributed by atoms with Crippen LogP contribution in [0.25, 0.3) is 0 Å². The van der Waals surface area contributed by atoms with Gasteiger partial charge in [-0.2, -0.15) is 5.10 Å². The fraction of sp³-hybridized carbons (Fsp3) is 0.545. The molecular weight excluding hydrogens is 402 g/mol. The average Bonchev–Trinajstić information content (AvgIpc) is 3.22. The molecule has 7 nitrogen and oxygen atoms in total. The maximum absolute atomic E-state index is 12.8. The van der Waals surface area contributed by atoms with Crippen LogP contribution in [0.2, 0.25) is 0 Å². The topological polar surface area (TPSA) is 90.3 Å². The van der Waals surface area contributed by atoms with Gasteiger partial charge in [0.15, 0.2) is 0 Å². The van der Waals surface area contributed by atoms with Crippen LogP contribution in [-0.2, 0) is 29.3 Å². The Morgan fingerprint density at radius 2 is 1.80 bits per heavy atom. The van der Waals surface area contributed by atoms with Gasteiger partial charge in [-0.25, -0.2) is 17.8 Å². The number of nitrogens with one attached hydrogen (secondary N) is 1. The van der Waals surface area contributed by atoms with Crippen molar-refractivity contribution in [1.29, 1.82) is 0 Å². The number of nitrogens with zero attached hydrogens (tertiary/aromatic N) is 2. The number of ether oxygens (including phenoxy) is 1. The van der Waals surface area contributed by atoms with Gasteiger partial charge in [0, 0.05) is 18.5 Å². The summed E-state index contributed by atoms with van der Waals surface area (Å²) < 4.78 is 35.7. The fourth-order valence-corrected chi connectivity index (χ4v) is 6.25. The van der Waals surface area contributed by atoms with E-state index in [9.17, 15) is 13.2 Å². The van der Waals surface area contributed by atoms with Crippen molar-refractivity contribution >= 4 is 10.0 Å². The van der Waals surface area contributed by atoms with Crippen molar-refractivity contribution in [3.8, 4) is 5.75 Å². The molecule has 160 valence electrons. The zero-order valence-corrected chi connectivity index (χ0v) is 17.8. The average molecular weight is 430 g/mol. The van der Waals surface area contributed by atoms with Crippen molar-refractivity contribution in [3.63, 3.8) is 0 Å². The van der Waals surface area contributed by atoms with E-state index in [0.717, 1.165) is 67.5 Å². The molecule has 0 bridgehead atoms. The van der Waals surface area contributed by atoms with E-state index in [-0.39, 0.29) is 17.6 Å². The van der Waals surface area contributed by atoms with Crippen molar-refractivity contribution in [1.82, 2.24) is 14.5 Å². The number of hydrogen-bond donors (Lipinski definition) is 1. The van der Waals surface area contributed by atoms with Crippen LogP contribution in [0.4, 0.5) is 0 Å². The number of hydrogen-bond acceptors (Lipinski definition) is 5.